The molecule has 0 aliphatic carbocycles. The van der Waals surface area contributed by atoms with E-state index in [4.69, 9.17) is 23.2 Å². The first-order valence-corrected chi connectivity index (χ1v) is 8.41. The lowest BCUT2D eigenvalue weighted by molar-refractivity contribution is -0.120. The molecule has 1 amide bonds. The van der Waals surface area contributed by atoms with E-state index < -0.39 is 0 Å². The Hall–Kier alpha value is -1.17. The highest BCUT2D eigenvalue weighted by Gasteiger charge is 2.20. The Kier molecular flexibility index (Phi) is 5.78. The molecular weight excluding hydrogens is 341 g/mol. The molecule has 0 aliphatic rings. The molecule has 0 radical (unpaired) electrons. The minimum atomic E-state index is -0.255. The number of hydrogen-bond donors (Lipinski definition) is 1. The van der Waals surface area contributed by atoms with Crippen molar-refractivity contribution in [2.24, 2.45) is 7.05 Å². The van der Waals surface area contributed by atoms with Crippen LogP contribution in [0, 0.1) is 0 Å². The molecule has 22 heavy (non-hydrogen) atoms. The first kappa shape index (κ1) is 17.2. The molecule has 1 aromatic heterocycles. The lowest BCUT2D eigenvalue weighted by atomic mass is 10.1. The van der Waals surface area contributed by atoms with Gasteiger partial charge in [-0.15, -0.1) is 0 Å². The lowest BCUT2D eigenvalue weighted by Crippen LogP contribution is -2.33. The Morgan fingerprint density at radius 2 is 2.09 bits per heavy atom. The van der Waals surface area contributed by atoms with Crippen molar-refractivity contribution in [3.63, 3.8) is 0 Å². The molecule has 4 nitrogen and oxygen atoms in total. The summed E-state index contributed by atoms with van der Waals surface area (Å²) in [7, 11) is 1.90. The quantitative estimate of drug-likeness (QED) is 0.819. The second-order valence-electron chi connectivity index (χ2n) is 4.98. The van der Waals surface area contributed by atoms with Gasteiger partial charge in [0, 0.05) is 29.5 Å². The molecule has 1 aromatic carbocycles. The van der Waals surface area contributed by atoms with Gasteiger partial charge in [-0.25, -0.2) is 4.98 Å². The van der Waals surface area contributed by atoms with Gasteiger partial charge in [-0.2, -0.15) is 0 Å². The molecule has 0 spiro atoms. The summed E-state index contributed by atoms with van der Waals surface area (Å²) in [6.45, 7) is 3.75. The lowest BCUT2D eigenvalue weighted by Gasteiger charge is -2.18. The molecule has 0 saturated heterocycles. The molecule has 1 N–H and O–H groups in total. The van der Waals surface area contributed by atoms with Crippen LogP contribution in [0.3, 0.4) is 0 Å². The van der Waals surface area contributed by atoms with Crippen LogP contribution in [0.5, 0.6) is 0 Å². The number of hydrogen-bond acceptors (Lipinski definition) is 3. The molecule has 0 unspecified atom stereocenters. The number of amides is 1. The van der Waals surface area contributed by atoms with Crippen LogP contribution < -0.4 is 5.32 Å². The Bertz CT molecular complexity index is 675. The second-order valence-corrected chi connectivity index (χ2v) is 7.13. The van der Waals surface area contributed by atoms with E-state index in [2.05, 4.69) is 10.3 Å². The van der Waals surface area contributed by atoms with Gasteiger partial charge >= 0.3 is 0 Å². The molecular formula is C15H17Cl2N3OS. The van der Waals surface area contributed by atoms with Crippen LogP contribution in [-0.4, -0.2) is 20.7 Å². The third-order valence-corrected chi connectivity index (χ3v) is 4.95. The highest BCUT2D eigenvalue weighted by molar-refractivity contribution is 8.00. The number of thioether (sulfide) groups is 1. The van der Waals surface area contributed by atoms with Gasteiger partial charge in [0.2, 0.25) is 5.91 Å². The molecule has 7 heteroatoms. The summed E-state index contributed by atoms with van der Waals surface area (Å²) in [6.07, 6.45) is 3.56. The number of nitrogens with one attached hydrogen (secondary N) is 1. The van der Waals surface area contributed by atoms with Gasteiger partial charge in [0.25, 0.3) is 0 Å². The number of halogens is 2. The normalized spacial score (nSPS) is 13.7. The maximum Gasteiger partial charge on any atom is 0.233 e. The van der Waals surface area contributed by atoms with E-state index in [1.54, 1.807) is 18.3 Å². The van der Waals surface area contributed by atoms with E-state index >= 15 is 0 Å². The fourth-order valence-electron chi connectivity index (χ4n) is 1.94. The van der Waals surface area contributed by atoms with E-state index in [1.807, 2.05) is 37.7 Å². The largest absolute Gasteiger partial charge is 0.349 e. The number of nitrogens with zero attached hydrogens (tertiary/aromatic N) is 2. The van der Waals surface area contributed by atoms with Gasteiger partial charge in [0.1, 0.15) is 0 Å². The van der Waals surface area contributed by atoms with E-state index in [1.165, 1.54) is 11.8 Å². The Labute approximate surface area is 144 Å². The zero-order valence-electron chi connectivity index (χ0n) is 12.5. The van der Waals surface area contributed by atoms with Crippen molar-refractivity contribution in [3.8, 4) is 0 Å². The van der Waals surface area contributed by atoms with Crippen LogP contribution >= 0.6 is 35.0 Å². The van der Waals surface area contributed by atoms with E-state index in [9.17, 15) is 4.79 Å². The minimum Gasteiger partial charge on any atom is -0.349 e. The summed E-state index contributed by atoms with van der Waals surface area (Å²) in [6, 6.07) is 5.07. The number of aryl methyl sites for hydroxylation is 1. The Morgan fingerprint density at radius 3 is 2.68 bits per heavy atom. The summed E-state index contributed by atoms with van der Waals surface area (Å²) in [4.78, 5) is 16.5. The average Bonchev–Trinajstić information content (AvgIpc) is 2.83. The van der Waals surface area contributed by atoms with Crippen LogP contribution in [0.25, 0.3) is 0 Å². The maximum absolute atomic E-state index is 12.3. The SMILES string of the molecule is C[C@H](Sc1nccn1C)C(=O)N[C@H](C)c1ccc(Cl)cc1Cl. The first-order valence-electron chi connectivity index (χ1n) is 6.77. The number of carbonyl (C=O) groups is 1. The summed E-state index contributed by atoms with van der Waals surface area (Å²) in [5, 5.41) is 4.64. The predicted molar refractivity (Wildman–Crippen MR) is 91.5 cm³/mol. The molecule has 2 rings (SSSR count). The van der Waals surface area contributed by atoms with Crippen LogP contribution in [0.1, 0.15) is 25.5 Å². The molecule has 2 aromatic rings. The number of rotatable bonds is 5. The Morgan fingerprint density at radius 1 is 1.36 bits per heavy atom. The van der Waals surface area contributed by atoms with Crippen molar-refractivity contribution in [2.75, 3.05) is 0 Å². The molecule has 0 aliphatic heterocycles. The summed E-state index contributed by atoms with van der Waals surface area (Å²) >= 11 is 13.5. The van der Waals surface area contributed by atoms with Crippen LogP contribution in [0.2, 0.25) is 10.0 Å². The maximum atomic E-state index is 12.3. The standard InChI is InChI=1S/C15H17Cl2N3OS/c1-9(12-5-4-11(16)8-13(12)17)19-14(21)10(2)22-15-18-6-7-20(15)3/h4-10H,1-3H3,(H,19,21)/t9-,10+/m1/s1. The third-order valence-electron chi connectivity index (χ3n) is 3.22. The molecule has 0 saturated carbocycles. The third kappa shape index (κ3) is 4.18. The number of carbonyl (C=O) groups excluding carboxylic acids is 1. The summed E-state index contributed by atoms with van der Waals surface area (Å²) < 4.78 is 1.88. The van der Waals surface area contributed by atoms with Crippen molar-refractivity contribution >= 4 is 40.9 Å². The van der Waals surface area contributed by atoms with Gasteiger partial charge in [0.15, 0.2) is 5.16 Å². The molecule has 0 fully saturated rings. The van der Waals surface area contributed by atoms with Crippen LogP contribution in [-0.2, 0) is 11.8 Å². The fraction of sp³-hybridized carbons (Fsp3) is 0.333. The van der Waals surface area contributed by atoms with Crippen LogP contribution in [0.4, 0.5) is 0 Å². The molecule has 1 heterocycles. The van der Waals surface area contributed by atoms with Gasteiger partial charge in [-0.3, -0.25) is 4.79 Å². The summed E-state index contributed by atoms with van der Waals surface area (Å²) in [5.74, 6) is -0.0634. The Balaban J connectivity index is 2.00. The smallest absolute Gasteiger partial charge is 0.233 e. The van der Waals surface area contributed by atoms with Gasteiger partial charge in [-0.1, -0.05) is 41.0 Å². The van der Waals surface area contributed by atoms with E-state index in [0.717, 1.165) is 10.7 Å². The predicted octanol–water partition coefficient (Wildman–Crippen LogP) is 4.08. The molecule has 118 valence electrons. The highest BCUT2D eigenvalue weighted by atomic mass is 35.5. The van der Waals surface area contributed by atoms with Crippen molar-refractivity contribution in [1.82, 2.24) is 14.9 Å². The van der Waals surface area contributed by atoms with E-state index in [0.29, 0.717) is 10.0 Å². The number of imidazole rings is 1. The van der Waals surface area contributed by atoms with Crippen molar-refractivity contribution in [3.05, 3.63) is 46.2 Å². The fourth-order valence-corrected chi connectivity index (χ4v) is 3.35. The summed E-state index contributed by atoms with van der Waals surface area (Å²) in [5.41, 5.74) is 0.841. The number of aromatic nitrogens is 2. The zero-order chi connectivity index (χ0) is 16.3. The molecule has 2 atom stereocenters. The van der Waals surface area contributed by atoms with Gasteiger partial charge < -0.3 is 9.88 Å². The van der Waals surface area contributed by atoms with Crippen molar-refractivity contribution < 1.29 is 4.79 Å². The topological polar surface area (TPSA) is 46.9 Å². The molecule has 0 bridgehead atoms. The van der Waals surface area contributed by atoms with E-state index in [-0.39, 0.29) is 17.2 Å². The second kappa shape index (κ2) is 7.40. The minimum absolute atomic E-state index is 0.0634. The first-order chi connectivity index (χ1) is 10.4. The van der Waals surface area contributed by atoms with Crippen LogP contribution in [0.15, 0.2) is 35.7 Å². The van der Waals surface area contributed by atoms with Gasteiger partial charge in [0.05, 0.1) is 11.3 Å². The van der Waals surface area contributed by atoms with Crippen molar-refractivity contribution in [2.45, 2.75) is 30.3 Å². The highest BCUT2D eigenvalue weighted by Crippen LogP contribution is 2.27. The van der Waals surface area contributed by atoms with Gasteiger partial charge in [-0.05, 0) is 31.5 Å². The zero-order valence-corrected chi connectivity index (χ0v) is 14.8. The number of benzene rings is 1. The van der Waals surface area contributed by atoms with Crippen molar-refractivity contribution in [1.29, 1.82) is 0 Å². The average molecular weight is 358 g/mol. The monoisotopic (exact) mass is 357 g/mol.